The zero-order valence-electron chi connectivity index (χ0n) is 18.3. The van der Waals surface area contributed by atoms with Crippen LogP contribution in [0.15, 0.2) is 42.0 Å². The molecule has 10 heteroatoms. The van der Waals surface area contributed by atoms with E-state index in [1.807, 2.05) is 12.1 Å². The van der Waals surface area contributed by atoms with Gasteiger partial charge in [-0.25, -0.2) is 4.79 Å². The monoisotopic (exact) mass is 524 g/mol. The first kappa shape index (κ1) is 24.7. The molecule has 1 saturated heterocycles. The van der Waals surface area contributed by atoms with Crippen LogP contribution < -0.4 is 14.8 Å². The molecule has 0 aromatic heterocycles. The molecule has 180 valence electrons. The second-order valence-electron chi connectivity index (χ2n) is 8.16. The minimum absolute atomic E-state index is 0.0158. The molecule has 2 aliphatic heterocycles. The Bertz CT molecular complexity index is 1140. The number of carbonyl (C=O) groups is 2. The van der Waals surface area contributed by atoms with Crippen molar-refractivity contribution in [1.82, 2.24) is 10.2 Å². The zero-order chi connectivity index (χ0) is 24.4. The third kappa shape index (κ3) is 5.44. The van der Waals surface area contributed by atoms with E-state index in [0.29, 0.717) is 51.7 Å². The third-order valence-electron chi connectivity index (χ3n) is 5.87. The molecule has 2 aliphatic rings. The maximum atomic E-state index is 12.1. The van der Waals surface area contributed by atoms with Gasteiger partial charge in [0.05, 0.1) is 26.7 Å². The summed E-state index contributed by atoms with van der Waals surface area (Å²) in [6, 6.07) is 10.0. The van der Waals surface area contributed by atoms with E-state index < -0.39 is 12.0 Å². The van der Waals surface area contributed by atoms with Crippen LogP contribution in [0, 0.1) is 0 Å². The van der Waals surface area contributed by atoms with E-state index in [-0.39, 0.29) is 25.2 Å². The molecule has 2 heterocycles. The summed E-state index contributed by atoms with van der Waals surface area (Å²) in [7, 11) is 0. The number of rotatable bonds is 7. The van der Waals surface area contributed by atoms with Crippen LogP contribution in [0.25, 0.3) is 5.57 Å². The van der Waals surface area contributed by atoms with E-state index in [2.05, 4.69) is 5.32 Å². The Hall–Kier alpha value is -2.45. The van der Waals surface area contributed by atoms with Crippen molar-refractivity contribution in [2.75, 3.05) is 26.3 Å². The summed E-state index contributed by atoms with van der Waals surface area (Å²) in [4.78, 5) is 25.6. The van der Waals surface area contributed by atoms with Gasteiger partial charge in [0.1, 0.15) is 24.7 Å². The number of hydrogen-bond donors (Lipinski definition) is 2. The van der Waals surface area contributed by atoms with Crippen LogP contribution in [0.4, 0.5) is 0 Å². The standard InChI is InChI=1S/C24H23Cl3N2O5/c1-13(30)29-11-15-8-17(23(24(31)32)21(12-29)28-15)14-2-4-16(5-3-14)33-6-7-34-22-10-19(26)18(25)9-20(22)27/h2-5,9-10,15,21,28H,6-8,11-12H2,1H3,(H,31,32)/t15-,21-/m1/s1. The second-order valence-corrected chi connectivity index (χ2v) is 9.38. The molecule has 0 radical (unpaired) electrons. The average molecular weight is 526 g/mol. The van der Waals surface area contributed by atoms with E-state index in [1.54, 1.807) is 23.1 Å². The molecule has 1 fully saturated rings. The van der Waals surface area contributed by atoms with Crippen molar-refractivity contribution < 1.29 is 24.2 Å². The predicted molar refractivity (Wildman–Crippen MR) is 131 cm³/mol. The average Bonchev–Trinajstić information content (AvgIpc) is 2.79. The molecule has 2 aromatic rings. The maximum absolute atomic E-state index is 12.1. The zero-order valence-corrected chi connectivity index (χ0v) is 20.6. The Balaban J connectivity index is 1.41. The van der Waals surface area contributed by atoms with Crippen LogP contribution in [-0.4, -0.2) is 60.3 Å². The van der Waals surface area contributed by atoms with Gasteiger partial charge in [0.25, 0.3) is 0 Å². The van der Waals surface area contributed by atoms with Crippen LogP contribution in [-0.2, 0) is 9.59 Å². The second kappa shape index (κ2) is 10.4. The van der Waals surface area contributed by atoms with Crippen molar-refractivity contribution >= 4 is 52.3 Å². The highest BCUT2D eigenvalue weighted by molar-refractivity contribution is 6.43. The summed E-state index contributed by atoms with van der Waals surface area (Å²) >= 11 is 18.0. The van der Waals surface area contributed by atoms with Crippen molar-refractivity contribution in [2.45, 2.75) is 25.4 Å². The molecule has 4 rings (SSSR count). The van der Waals surface area contributed by atoms with E-state index >= 15 is 0 Å². The Morgan fingerprint density at radius 2 is 1.71 bits per heavy atom. The largest absolute Gasteiger partial charge is 0.490 e. The number of halogens is 3. The number of aliphatic carboxylic acids is 1. The lowest BCUT2D eigenvalue weighted by molar-refractivity contribution is -0.135. The van der Waals surface area contributed by atoms with E-state index in [4.69, 9.17) is 44.3 Å². The molecule has 0 saturated carbocycles. The summed E-state index contributed by atoms with van der Waals surface area (Å²) in [5.74, 6) is 0.0243. The number of carboxylic acid groups (broad SMARTS) is 1. The Morgan fingerprint density at radius 1 is 1.03 bits per heavy atom. The molecule has 7 nitrogen and oxygen atoms in total. The lowest BCUT2D eigenvalue weighted by Gasteiger charge is -2.43. The molecule has 0 spiro atoms. The minimum atomic E-state index is -0.977. The Morgan fingerprint density at radius 3 is 2.38 bits per heavy atom. The SMILES string of the molecule is CC(=O)N1C[C@H]2CC(c3ccc(OCCOc4cc(Cl)c(Cl)cc4Cl)cc3)=C(C(=O)O)[C@@H](C1)N2. The maximum Gasteiger partial charge on any atom is 0.333 e. The van der Waals surface area contributed by atoms with Gasteiger partial charge in [-0.1, -0.05) is 46.9 Å². The van der Waals surface area contributed by atoms with Crippen LogP contribution >= 0.6 is 34.8 Å². The van der Waals surface area contributed by atoms with Crippen molar-refractivity contribution in [2.24, 2.45) is 0 Å². The number of fused-ring (bicyclic) bond motifs is 2. The first-order valence-electron chi connectivity index (χ1n) is 10.7. The molecular weight excluding hydrogens is 503 g/mol. The van der Waals surface area contributed by atoms with Crippen LogP contribution in [0.2, 0.25) is 15.1 Å². The number of ether oxygens (including phenoxy) is 2. The van der Waals surface area contributed by atoms with Crippen LogP contribution in [0.3, 0.4) is 0 Å². The number of carbonyl (C=O) groups excluding carboxylic acids is 1. The number of nitrogens with zero attached hydrogens (tertiary/aromatic N) is 1. The highest BCUT2D eigenvalue weighted by Gasteiger charge is 2.39. The van der Waals surface area contributed by atoms with Crippen molar-refractivity contribution in [3.63, 3.8) is 0 Å². The first-order valence-corrected chi connectivity index (χ1v) is 11.8. The summed E-state index contributed by atoms with van der Waals surface area (Å²) < 4.78 is 11.4. The third-order valence-corrected chi connectivity index (χ3v) is 6.89. The summed E-state index contributed by atoms with van der Waals surface area (Å²) in [6.45, 7) is 2.94. The van der Waals surface area contributed by atoms with Crippen molar-refractivity contribution in [1.29, 1.82) is 0 Å². The number of amides is 1. The van der Waals surface area contributed by atoms with E-state index in [1.165, 1.54) is 13.0 Å². The lowest BCUT2D eigenvalue weighted by atomic mass is 9.83. The van der Waals surface area contributed by atoms with Crippen molar-refractivity contribution in [3.05, 3.63) is 62.6 Å². The van der Waals surface area contributed by atoms with Gasteiger partial charge in [-0.2, -0.15) is 0 Å². The van der Waals surface area contributed by atoms with Gasteiger partial charge in [-0.3, -0.25) is 4.79 Å². The van der Waals surface area contributed by atoms with E-state index in [0.717, 1.165) is 11.1 Å². The Kier molecular flexibility index (Phi) is 7.57. The first-order chi connectivity index (χ1) is 16.2. The molecule has 0 unspecified atom stereocenters. The van der Waals surface area contributed by atoms with Gasteiger partial charge in [0, 0.05) is 32.1 Å². The minimum Gasteiger partial charge on any atom is -0.490 e. The fourth-order valence-electron chi connectivity index (χ4n) is 4.30. The molecule has 2 aromatic carbocycles. The molecule has 34 heavy (non-hydrogen) atoms. The smallest absolute Gasteiger partial charge is 0.333 e. The number of nitrogens with one attached hydrogen (secondary N) is 1. The number of carboxylic acids is 1. The summed E-state index contributed by atoms with van der Waals surface area (Å²) in [5, 5.41) is 14.3. The molecule has 2 N–H and O–H groups in total. The van der Waals surface area contributed by atoms with Gasteiger partial charge < -0.3 is 24.8 Å². The molecule has 2 atom stereocenters. The number of hydrogen-bond acceptors (Lipinski definition) is 5. The van der Waals surface area contributed by atoms with Crippen molar-refractivity contribution in [3.8, 4) is 11.5 Å². The van der Waals surface area contributed by atoms with Gasteiger partial charge in [0.15, 0.2) is 0 Å². The molecular formula is C24H23Cl3N2O5. The molecule has 0 aliphatic carbocycles. The van der Waals surface area contributed by atoms with E-state index in [9.17, 15) is 14.7 Å². The quantitative estimate of drug-likeness (QED) is 0.408. The summed E-state index contributed by atoms with van der Waals surface area (Å²) in [6.07, 6.45) is 0.528. The topological polar surface area (TPSA) is 88.1 Å². The van der Waals surface area contributed by atoms with Crippen LogP contribution in [0.5, 0.6) is 11.5 Å². The number of piperazine rings is 1. The Labute approximate surface area is 212 Å². The van der Waals surface area contributed by atoms with Gasteiger partial charge in [0.2, 0.25) is 5.91 Å². The predicted octanol–water partition coefficient (Wildman–Crippen LogP) is 4.54. The molecule has 2 bridgehead atoms. The van der Waals surface area contributed by atoms with Gasteiger partial charge in [-0.15, -0.1) is 0 Å². The fourth-order valence-corrected chi connectivity index (χ4v) is 4.89. The highest BCUT2D eigenvalue weighted by atomic mass is 35.5. The van der Waals surface area contributed by atoms with Gasteiger partial charge in [-0.05, 0) is 35.8 Å². The van der Waals surface area contributed by atoms with Gasteiger partial charge >= 0.3 is 5.97 Å². The number of benzene rings is 2. The highest BCUT2D eigenvalue weighted by Crippen LogP contribution is 2.35. The molecule has 1 amide bonds. The lowest BCUT2D eigenvalue weighted by Crippen LogP contribution is -2.61. The fraction of sp³-hybridized carbons (Fsp3) is 0.333. The summed E-state index contributed by atoms with van der Waals surface area (Å²) in [5.41, 5.74) is 1.92. The normalized spacial score (nSPS) is 19.7. The van der Waals surface area contributed by atoms with Crippen LogP contribution in [0.1, 0.15) is 18.9 Å².